The molecule has 2 saturated carbocycles. The van der Waals surface area contributed by atoms with Crippen LogP contribution in [0.3, 0.4) is 0 Å². The van der Waals surface area contributed by atoms with Crippen molar-refractivity contribution in [2.24, 2.45) is 40.9 Å². The van der Waals surface area contributed by atoms with E-state index in [0.29, 0.717) is 17.3 Å². The van der Waals surface area contributed by atoms with E-state index in [-0.39, 0.29) is 0 Å². The number of nitriles is 1. The van der Waals surface area contributed by atoms with Crippen LogP contribution in [-0.2, 0) is 0 Å². The van der Waals surface area contributed by atoms with Gasteiger partial charge in [-0.2, -0.15) is 5.26 Å². The van der Waals surface area contributed by atoms with E-state index in [9.17, 15) is 0 Å². The molecule has 0 radical (unpaired) electrons. The standard InChI is InChI=1S/C10H16.C8H9N/c1-7-8-4-5-9(6-8)10(7,2)3;9-5-8-4-6-1-2-7(8)3-6/h4-5,7-9H,6H2,1-3H3;1-2,6-8H,3-4H2. The van der Waals surface area contributed by atoms with Crippen LogP contribution < -0.4 is 0 Å². The number of hydrogen-bond donors (Lipinski definition) is 0. The van der Waals surface area contributed by atoms with Crippen molar-refractivity contribution in [1.29, 1.82) is 5.26 Å². The molecular weight excluding hydrogens is 230 g/mol. The van der Waals surface area contributed by atoms with Crippen LogP contribution >= 0.6 is 0 Å². The van der Waals surface area contributed by atoms with Gasteiger partial charge in [0.2, 0.25) is 0 Å². The Kier molecular flexibility index (Phi) is 3.08. The third kappa shape index (κ3) is 2.06. The van der Waals surface area contributed by atoms with E-state index in [1.807, 2.05) is 0 Å². The van der Waals surface area contributed by atoms with Crippen LogP contribution in [0.1, 0.15) is 40.0 Å². The fraction of sp³-hybridized carbons (Fsp3) is 0.722. The predicted molar refractivity (Wildman–Crippen MR) is 78.1 cm³/mol. The first-order valence-corrected chi connectivity index (χ1v) is 7.78. The Balaban J connectivity index is 0.000000117. The summed E-state index contributed by atoms with van der Waals surface area (Å²) < 4.78 is 0. The topological polar surface area (TPSA) is 23.8 Å². The lowest BCUT2D eigenvalue weighted by atomic mass is 9.72. The highest BCUT2D eigenvalue weighted by molar-refractivity contribution is 5.16. The minimum absolute atomic E-state index is 0.347. The number of nitrogens with zero attached hydrogens (tertiary/aromatic N) is 1. The Hall–Kier alpha value is -1.03. The Bertz CT molecular complexity index is 451. The lowest BCUT2D eigenvalue weighted by Crippen LogP contribution is -2.25. The van der Waals surface area contributed by atoms with Crippen molar-refractivity contribution < 1.29 is 0 Å². The molecule has 0 aromatic carbocycles. The monoisotopic (exact) mass is 255 g/mol. The molecule has 102 valence electrons. The van der Waals surface area contributed by atoms with Crippen LogP contribution in [-0.4, -0.2) is 0 Å². The van der Waals surface area contributed by atoms with E-state index in [2.05, 4.69) is 51.1 Å². The third-order valence-corrected chi connectivity index (χ3v) is 6.33. The van der Waals surface area contributed by atoms with Crippen LogP contribution in [0.5, 0.6) is 0 Å². The Morgan fingerprint density at radius 2 is 1.74 bits per heavy atom. The van der Waals surface area contributed by atoms with Crippen molar-refractivity contribution in [3.05, 3.63) is 24.3 Å². The van der Waals surface area contributed by atoms with Gasteiger partial charge in [0.1, 0.15) is 0 Å². The molecular formula is C18H25N. The number of allylic oxidation sites excluding steroid dienone is 4. The Morgan fingerprint density at radius 1 is 1.00 bits per heavy atom. The van der Waals surface area contributed by atoms with Gasteiger partial charge in [0.05, 0.1) is 12.0 Å². The summed E-state index contributed by atoms with van der Waals surface area (Å²) in [5.41, 5.74) is 0.583. The minimum atomic E-state index is 0.347. The summed E-state index contributed by atoms with van der Waals surface area (Å²) in [6, 6.07) is 2.34. The zero-order chi connectivity index (χ0) is 13.6. The highest BCUT2D eigenvalue weighted by atomic mass is 14.5. The molecule has 0 saturated heterocycles. The Labute approximate surface area is 117 Å². The van der Waals surface area contributed by atoms with Gasteiger partial charge in [-0.05, 0) is 54.3 Å². The molecule has 0 N–H and O–H groups in total. The summed E-state index contributed by atoms with van der Waals surface area (Å²) in [5, 5.41) is 8.60. The van der Waals surface area contributed by atoms with Gasteiger partial charge in [-0.3, -0.25) is 0 Å². The first-order valence-electron chi connectivity index (χ1n) is 7.78. The molecule has 0 aromatic rings. The summed E-state index contributed by atoms with van der Waals surface area (Å²) in [6.07, 6.45) is 13.1. The molecule has 6 atom stereocenters. The predicted octanol–water partition coefficient (Wildman–Crippen LogP) is 4.58. The van der Waals surface area contributed by atoms with Crippen LogP contribution in [0.25, 0.3) is 0 Å². The van der Waals surface area contributed by atoms with Gasteiger partial charge >= 0.3 is 0 Å². The van der Waals surface area contributed by atoms with Gasteiger partial charge < -0.3 is 0 Å². The molecule has 0 aliphatic heterocycles. The van der Waals surface area contributed by atoms with E-state index in [4.69, 9.17) is 5.26 Å². The molecule has 2 fully saturated rings. The van der Waals surface area contributed by atoms with Gasteiger partial charge in [-0.1, -0.05) is 45.1 Å². The first-order chi connectivity index (χ1) is 9.02. The zero-order valence-electron chi connectivity index (χ0n) is 12.3. The van der Waals surface area contributed by atoms with Crippen LogP contribution in [0.15, 0.2) is 24.3 Å². The summed E-state index contributed by atoms with van der Waals surface area (Å²) in [4.78, 5) is 0. The lowest BCUT2D eigenvalue weighted by molar-refractivity contribution is 0.209. The van der Waals surface area contributed by atoms with Crippen molar-refractivity contribution in [3.63, 3.8) is 0 Å². The maximum absolute atomic E-state index is 8.60. The molecule has 0 aromatic heterocycles. The quantitative estimate of drug-likeness (QED) is 0.581. The van der Waals surface area contributed by atoms with E-state index >= 15 is 0 Å². The van der Waals surface area contributed by atoms with Crippen LogP contribution in [0, 0.1) is 52.3 Å². The van der Waals surface area contributed by atoms with Crippen LogP contribution in [0.2, 0.25) is 0 Å². The third-order valence-electron chi connectivity index (χ3n) is 6.33. The molecule has 6 unspecified atom stereocenters. The fourth-order valence-corrected chi connectivity index (χ4v) is 4.47. The second-order valence-corrected chi connectivity index (χ2v) is 7.52. The van der Waals surface area contributed by atoms with Gasteiger partial charge in [-0.15, -0.1) is 0 Å². The minimum Gasteiger partial charge on any atom is -0.198 e. The van der Waals surface area contributed by atoms with E-state index in [1.54, 1.807) is 0 Å². The maximum atomic E-state index is 8.60. The smallest absolute Gasteiger partial charge is 0.0662 e. The molecule has 4 rings (SSSR count). The van der Waals surface area contributed by atoms with Gasteiger partial charge in [0.25, 0.3) is 0 Å². The molecule has 1 nitrogen and oxygen atoms in total. The van der Waals surface area contributed by atoms with Crippen molar-refractivity contribution in [2.75, 3.05) is 0 Å². The molecule has 1 heteroatoms. The SMILES string of the molecule is CC1C2C=CC(C2)C1(C)C.N#CC1CC2C=CC1C2. The van der Waals surface area contributed by atoms with Crippen molar-refractivity contribution in [1.82, 2.24) is 0 Å². The van der Waals surface area contributed by atoms with Crippen molar-refractivity contribution in [2.45, 2.75) is 40.0 Å². The van der Waals surface area contributed by atoms with Gasteiger partial charge in [0, 0.05) is 0 Å². The molecule has 4 aliphatic rings. The summed E-state index contributed by atoms with van der Waals surface area (Å²) in [7, 11) is 0. The van der Waals surface area contributed by atoms with Gasteiger partial charge in [0.15, 0.2) is 0 Å². The average Bonchev–Trinajstić information content (AvgIpc) is 3.14. The average molecular weight is 255 g/mol. The normalized spacial score (nSPS) is 47.1. The highest BCUT2D eigenvalue weighted by Gasteiger charge is 2.47. The number of hydrogen-bond acceptors (Lipinski definition) is 1. The van der Waals surface area contributed by atoms with E-state index < -0.39 is 0 Å². The lowest BCUT2D eigenvalue weighted by Gasteiger charge is -2.32. The van der Waals surface area contributed by atoms with E-state index in [1.165, 1.54) is 12.8 Å². The summed E-state index contributed by atoms with van der Waals surface area (Å²) >= 11 is 0. The highest BCUT2D eigenvalue weighted by Crippen LogP contribution is 2.55. The zero-order valence-corrected chi connectivity index (χ0v) is 12.3. The second kappa shape index (κ2) is 4.51. The van der Waals surface area contributed by atoms with Crippen molar-refractivity contribution >= 4 is 0 Å². The molecule has 19 heavy (non-hydrogen) atoms. The molecule has 0 amide bonds. The van der Waals surface area contributed by atoms with Crippen molar-refractivity contribution in [3.8, 4) is 6.07 Å². The first kappa shape index (κ1) is 13.0. The number of rotatable bonds is 0. The van der Waals surface area contributed by atoms with Crippen LogP contribution in [0.4, 0.5) is 0 Å². The Morgan fingerprint density at radius 3 is 2.05 bits per heavy atom. The maximum Gasteiger partial charge on any atom is 0.0662 e. The summed E-state index contributed by atoms with van der Waals surface area (Å²) in [6.45, 7) is 7.21. The second-order valence-electron chi connectivity index (χ2n) is 7.52. The number of fused-ring (bicyclic) bond motifs is 4. The fourth-order valence-electron chi connectivity index (χ4n) is 4.47. The van der Waals surface area contributed by atoms with E-state index in [0.717, 1.165) is 30.1 Å². The van der Waals surface area contributed by atoms with Gasteiger partial charge in [-0.25, -0.2) is 0 Å². The molecule has 4 bridgehead atoms. The molecule has 0 heterocycles. The summed E-state index contributed by atoms with van der Waals surface area (Å²) in [5.74, 6) is 4.40. The molecule has 4 aliphatic carbocycles. The largest absolute Gasteiger partial charge is 0.198 e. The molecule has 0 spiro atoms.